The standard InChI is InChI=1S/C3H7NP4S2Se/c1-3(2)4-5-7-10-6(4)8(9-5)11-7/h3H,1-2H3. The topological polar surface area (TPSA) is 4.93 Å². The summed E-state index contributed by atoms with van der Waals surface area (Å²) in [5, 5.41) is 0. The van der Waals surface area contributed by atoms with Crippen LogP contribution in [0.25, 0.3) is 0 Å². The third-order valence-corrected chi connectivity index (χ3v) is 70.2. The second-order valence-electron chi connectivity index (χ2n) is 2.64. The molecular weight excluding hydrogens is 317 g/mol. The molecule has 0 aliphatic heterocycles. The van der Waals surface area contributed by atoms with Crippen molar-refractivity contribution in [3.63, 3.8) is 0 Å². The molecule has 4 unspecified atom stereocenters. The Morgan fingerprint density at radius 2 is 1.73 bits per heavy atom. The minimum absolute atomic E-state index is 0.404. The first-order valence-electron chi connectivity index (χ1n) is 3.31. The van der Waals surface area contributed by atoms with Gasteiger partial charge >= 0.3 is 81.1 Å². The fourth-order valence-electron chi connectivity index (χ4n) is 1.08. The van der Waals surface area contributed by atoms with Gasteiger partial charge in [-0.1, -0.05) is 0 Å². The van der Waals surface area contributed by atoms with Crippen molar-refractivity contribution < 1.29 is 0 Å². The zero-order valence-electron chi connectivity index (χ0n) is 6.04. The first-order valence-corrected chi connectivity index (χ1v) is 18.5. The van der Waals surface area contributed by atoms with Crippen LogP contribution in [0.4, 0.5) is 0 Å². The Labute approximate surface area is 80.6 Å². The van der Waals surface area contributed by atoms with Crippen molar-refractivity contribution in [3.05, 3.63) is 0 Å². The van der Waals surface area contributed by atoms with Crippen LogP contribution in [0.2, 0.25) is 0 Å². The van der Waals surface area contributed by atoms with E-state index in [9.17, 15) is 0 Å². The third kappa shape index (κ3) is 1.03. The van der Waals surface area contributed by atoms with Crippen LogP contribution in [0.5, 0.6) is 0 Å². The van der Waals surface area contributed by atoms with Gasteiger partial charge in [-0.05, 0) is 0 Å². The molecule has 4 aromatic rings. The molecule has 0 saturated heterocycles. The second kappa shape index (κ2) is 2.73. The molecule has 0 amide bonds. The minimum atomic E-state index is 0.404. The number of rotatable bonds is 1. The first kappa shape index (κ1) is 8.28. The predicted octanol–water partition coefficient (Wildman–Crippen LogP) is 5.26. The Balaban J connectivity index is 2.53. The van der Waals surface area contributed by atoms with Crippen LogP contribution >= 0.6 is 43.5 Å². The van der Waals surface area contributed by atoms with Gasteiger partial charge in [0.25, 0.3) is 0 Å². The molecule has 4 aromatic heterocycles. The van der Waals surface area contributed by atoms with E-state index in [0.717, 1.165) is 19.6 Å². The van der Waals surface area contributed by atoms with Gasteiger partial charge < -0.3 is 0 Å². The van der Waals surface area contributed by atoms with Crippen LogP contribution in [-0.4, -0.2) is 17.7 Å². The van der Waals surface area contributed by atoms with Gasteiger partial charge in [0.1, 0.15) is 0 Å². The quantitative estimate of drug-likeness (QED) is 0.538. The van der Waals surface area contributed by atoms with Crippen molar-refractivity contribution in [2.45, 2.75) is 19.9 Å². The molecule has 8 heteroatoms. The van der Waals surface area contributed by atoms with E-state index in [-0.39, 0.29) is 0 Å². The van der Waals surface area contributed by atoms with E-state index in [2.05, 4.69) is 39.0 Å². The first-order chi connectivity index (χ1) is 5.27. The van der Waals surface area contributed by atoms with Gasteiger partial charge in [0, 0.05) is 0 Å². The van der Waals surface area contributed by atoms with Gasteiger partial charge in [-0.15, -0.1) is 0 Å². The molecule has 0 aliphatic carbocycles. The fourth-order valence-corrected chi connectivity index (χ4v) is 135. The summed E-state index contributed by atoms with van der Waals surface area (Å²) in [5.74, 6) is 0. The summed E-state index contributed by atoms with van der Waals surface area (Å²) >= 11 is 1.16. The van der Waals surface area contributed by atoms with Gasteiger partial charge in [0.05, 0.1) is 0 Å². The Morgan fingerprint density at radius 1 is 1.18 bits per heavy atom. The van der Waals surface area contributed by atoms with Crippen molar-refractivity contribution >= 4 is 57.1 Å². The van der Waals surface area contributed by atoms with Crippen LogP contribution in [0.15, 0.2) is 0 Å². The van der Waals surface area contributed by atoms with Crippen LogP contribution in [0.3, 0.4) is 0 Å². The van der Waals surface area contributed by atoms with Gasteiger partial charge in [-0.25, -0.2) is 0 Å². The fraction of sp³-hybridized carbons (Fsp3) is 1.00. The number of nitrogens with zero attached hydrogens (tertiary/aromatic N) is 1. The van der Waals surface area contributed by atoms with Gasteiger partial charge in [-0.2, -0.15) is 0 Å². The van der Waals surface area contributed by atoms with E-state index in [1.165, 1.54) is 0 Å². The van der Waals surface area contributed by atoms with Crippen LogP contribution < -0.4 is 0 Å². The Bertz CT molecular complexity index is 449. The summed E-state index contributed by atoms with van der Waals surface area (Å²) in [6.07, 6.45) is 0.809. The monoisotopic (exact) mass is 325 g/mol. The van der Waals surface area contributed by atoms with Crippen LogP contribution in [0.1, 0.15) is 19.9 Å². The molecule has 4 bridgehead atoms. The van der Waals surface area contributed by atoms with Crippen LogP contribution in [-0.2, 0) is 0 Å². The zero-order chi connectivity index (χ0) is 7.59. The Kier molecular flexibility index (Phi) is 2.05. The summed E-state index contributed by atoms with van der Waals surface area (Å²) in [4.78, 5) is 1.13. The predicted molar refractivity (Wildman–Crippen MR) is 64.0 cm³/mol. The third-order valence-electron chi connectivity index (χ3n) is 1.52. The number of hydrogen-bond donors (Lipinski definition) is 0. The van der Waals surface area contributed by atoms with Crippen molar-refractivity contribution in [2.75, 3.05) is 0 Å². The molecule has 0 radical (unpaired) electrons. The van der Waals surface area contributed by atoms with Crippen molar-refractivity contribution in [1.29, 1.82) is 0 Å². The van der Waals surface area contributed by atoms with E-state index in [1.807, 2.05) is 0 Å². The zero-order valence-corrected chi connectivity index (χ0v) is 13.0. The van der Waals surface area contributed by atoms with E-state index in [1.54, 1.807) is 0 Å². The molecule has 0 spiro atoms. The molecule has 4 rings (SSSR count). The normalized spacial score (nSPS) is 19.9. The Morgan fingerprint density at radius 3 is 2.00 bits per heavy atom. The second-order valence-corrected chi connectivity index (χ2v) is 37.3. The summed E-state index contributed by atoms with van der Waals surface area (Å²) in [6.45, 7) is 4.78. The molecule has 0 fully saturated rings. The average Bonchev–Trinajstić information content (AvgIpc) is 2.50. The maximum atomic E-state index is 2.92. The molecule has 1 nitrogen and oxygen atoms in total. The molecule has 62 valence electrons. The van der Waals surface area contributed by atoms with E-state index < -0.39 is 0 Å². The SMILES string of the molecule is CC(C)n1p2sp3[se]p2sp13. The summed E-state index contributed by atoms with van der Waals surface area (Å²) in [6, 6.07) is 0.864. The van der Waals surface area contributed by atoms with E-state index >= 15 is 0 Å². The Hall–Kier alpha value is 1.96. The number of hydrogen-bond acceptors (Lipinski definition) is 2. The molecule has 0 N–H and O–H groups in total. The molecule has 4 heterocycles. The molecule has 11 heavy (non-hydrogen) atoms. The molecular formula is C3H7NP4S2Se. The molecule has 0 aliphatic rings. The maximum absolute atomic E-state index is 2.92. The molecule has 0 aromatic carbocycles. The molecule has 0 saturated carbocycles. The molecule has 4 atom stereocenters. The van der Waals surface area contributed by atoms with Gasteiger partial charge in [-0.3, -0.25) is 0 Å². The summed E-state index contributed by atoms with van der Waals surface area (Å²) < 4.78 is 2.92. The average molecular weight is 324 g/mol. The summed E-state index contributed by atoms with van der Waals surface area (Å²) in [7, 11) is 4.89. The van der Waals surface area contributed by atoms with Crippen molar-refractivity contribution in [1.82, 2.24) is 4.09 Å². The van der Waals surface area contributed by atoms with Gasteiger partial charge in [0.15, 0.2) is 0 Å². The van der Waals surface area contributed by atoms with E-state index in [4.69, 9.17) is 0 Å². The van der Waals surface area contributed by atoms with E-state index in [0.29, 0.717) is 22.4 Å². The van der Waals surface area contributed by atoms with Crippen molar-refractivity contribution in [3.8, 4) is 0 Å². The van der Waals surface area contributed by atoms with Crippen molar-refractivity contribution in [2.24, 2.45) is 0 Å². The van der Waals surface area contributed by atoms with Crippen LogP contribution in [0, 0.1) is 0 Å². The van der Waals surface area contributed by atoms with Gasteiger partial charge in [0.2, 0.25) is 0 Å². The number of aromatic nitrogens is 1. The summed E-state index contributed by atoms with van der Waals surface area (Å²) in [5.41, 5.74) is 0.